The van der Waals surface area contributed by atoms with E-state index in [1.165, 1.54) is 12.8 Å². The summed E-state index contributed by atoms with van der Waals surface area (Å²) in [5.41, 5.74) is 0. The highest BCUT2D eigenvalue weighted by molar-refractivity contribution is 5.70. The molecule has 2 atom stereocenters. The van der Waals surface area contributed by atoms with Crippen LogP contribution in [0.25, 0.3) is 0 Å². The van der Waals surface area contributed by atoms with E-state index < -0.39 is 24.1 Å². The van der Waals surface area contributed by atoms with Gasteiger partial charge < -0.3 is 28.6 Å². The molecule has 0 aliphatic heterocycles. The van der Waals surface area contributed by atoms with Crippen molar-refractivity contribution in [1.29, 1.82) is 0 Å². The van der Waals surface area contributed by atoms with Gasteiger partial charge in [-0.2, -0.15) is 0 Å². The molecule has 65 heavy (non-hydrogen) atoms. The largest absolute Gasteiger partial charge is 0.544 e. The molecular formula is C57H89NO7. The van der Waals surface area contributed by atoms with Crippen molar-refractivity contribution in [2.45, 2.75) is 167 Å². The lowest BCUT2D eigenvalue weighted by Crippen LogP contribution is -2.55. The van der Waals surface area contributed by atoms with Gasteiger partial charge in [-0.15, -0.1) is 0 Å². The Bertz CT molecular complexity index is 1520. The van der Waals surface area contributed by atoms with E-state index in [-0.39, 0.29) is 43.1 Å². The van der Waals surface area contributed by atoms with Crippen molar-refractivity contribution < 1.29 is 38.2 Å². The molecule has 0 aliphatic carbocycles. The van der Waals surface area contributed by atoms with Crippen LogP contribution in [-0.4, -0.2) is 75.5 Å². The molecule has 0 radical (unpaired) electrons. The molecule has 0 saturated carbocycles. The summed E-state index contributed by atoms with van der Waals surface area (Å²) in [4.78, 5) is 37.0. The average molecular weight is 900 g/mol. The fourth-order valence-electron chi connectivity index (χ4n) is 6.30. The number of carboxylic acids is 1. The number of likely N-dealkylation sites (N-methyl/N-ethyl adjacent to an activating group) is 1. The lowest BCUT2D eigenvalue weighted by Gasteiger charge is -2.34. The predicted molar refractivity (Wildman–Crippen MR) is 272 cm³/mol. The summed E-state index contributed by atoms with van der Waals surface area (Å²) in [5, 5.41) is 11.7. The minimum absolute atomic E-state index is 0.00450. The van der Waals surface area contributed by atoms with Crippen molar-refractivity contribution in [2.24, 2.45) is 0 Å². The monoisotopic (exact) mass is 900 g/mol. The maximum absolute atomic E-state index is 12.7. The number of esters is 2. The highest BCUT2D eigenvalue weighted by Gasteiger charge is 2.25. The van der Waals surface area contributed by atoms with Crippen LogP contribution in [0.5, 0.6) is 0 Å². The number of unbranched alkanes of at least 4 members (excludes halogenated alkanes) is 6. The molecule has 8 nitrogen and oxygen atoms in total. The van der Waals surface area contributed by atoms with Gasteiger partial charge in [-0.05, 0) is 96.3 Å². The summed E-state index contributed by atoms with van der Waals surface area (Å²) in [5.74, 6) is -1.88. The van der Waals surface area contributed by atoms with Crippen molar-refractivity contribution in [3.63, 3.8) is 0 Å². The SMILES string of the molecule is CC/C=C/C/C=C/C/C=C/C/C=C/C/C=C/C/C=C/CCC(=O)OC(COCCC(C(=O)[O-])[N+](C)(C)C)COC(=O)CCCCCCCC/C=C/C/C=C/C/C=C/C/C=C/C/C=C/CC. The Hall–Kier alpha value is -4.53. The molecule has 0 saturated heterocycles. The molecule has 0 aromatic rings. The first kappa shape index (κ1) is 60.5. The van der Waals surface area contributed by atoms with Gasteiger partial charge in [0.05, 0.1) is 40.3 Å². The van der Waals surface area contributed by atoms with Gasteiger partial charge >= 0.3 is 11.9 Å². The van der Waals surface area contributed by atoms with Crippen LogP contribution in [0.15, 0.2) is 134 Å². The third kappa shape index (κ3) is 44.5. The maximum Gasteiger partial charge on any atom is 0.306 e. The molecule has 364 valence electrons. The Balaban J connectivity index is 4.44. The quantitative estimate of drug-likeness (QED) is 0.0260. The molecule has 2 unspecified atom stereocenters. The molecule has 0 aromatic carbocycles. The second kappa shape index (κ2) is 46.0. The summed E-state index contributed by atoms with van der Waals surface area (Å²) in [6.07, 6.45) is 66.4. The number of carbonyl (C=O) groups is 3. The van der Waals surface area contributed by atoms with E-state index >= 15 is 0 Å². The van der Waals surface area contributed by atoms with Crippen LogP contribution in [0.2, 0.25) is 0 Å². The predicted octanol–water partition coefficient (Wildman–Crippen LogP) is 13.0. The Morgan fingerprint density at radius 2 is 0.846 bits per heavy atom. The summed E-state index contributed by atoms with van der Waals surface area (Å²) in [6.45, 7) is 4.31. The molecule has 0 spiro atoms. The zero-order chi connectivity index (χ0) is 47.7. The second-order valence-electron chi connectivity index (χ2n) is 16.9. The van der Waals surface area contributed by atoms with Crippen LogP contribution in [-0.2, 0) is 28.6 Å². The summed E-state index contributed by atoms with van der Waals surface area (Å²) < 4.78 is 17.1. The van der Waals surface area contributed by atoms with Gasteiger partial charge in [0.2, 0.25) is 0 Å². The van der Waals surface area contributed by atoms with Crippen molar-refractivity contribution in [2.75, 3.05) is 41.0 Å². The van der Waals surface area contributed by atoms with Crippen LogP contribution in [0, 0.1) is 0 Å². The maximum atomic E-state index is 12.7. The minimum atomic E-state index is -1.14. The fraction of sp³-hybridized carbons (Fsp3) is 0.561. The van der Waals surface area contributed by atoms with E-state index in [0.717, 1.165) is 103 Å². The Kier molecular flexibility index (Phi) is 42.8. The van der Waals surface area contributed by atoms with Crippen LogP contribution < -0.4 is 5.11 Å². The minimum Gasteiger partial charge on any atom is -0.544 e. The van der Waals surface area contributed by atoms with Gasteiger partial charge in [-0.25, -0.2) is 0 Å². The van der Waals surface area contributed by atoms with E-state index in [1.807, 2.05) is 12.2 Å². The molecule has 0 rings (SSSR count). The zero-order valence-electron chi connectivity index (χ0n) is 41.3. The molecule has 0 amide bonds. The third-order valence-electron chi connectivity index (χ3n) is 10.0. The smallest absolute Gasteiger partial charge is 0.306 e. The van der Waals surface area contributed by atoms with E-state index in [4.69, 9.17) is 14.2 Å². The van der Waals surface area contributed by atoms with E-state index in [9.17, 15) is 19.5 Å². The number of carbonyl (C=O) groups excluding carboxylic acids is 3. The van der Waals surface area contributed by atoms with Crippen molar-refractivity contribution in [3.8, 4) is 0 Å². The van der Waals surface area contributed by atoms with E-state index in [2.05, 4.69) is 135 Å². The second-order valence-corrected chi connectivity index (χ2v) is 16.9. The number of nitrogens with zero attached hydrogens (tertiary/aromatic N) is 1. The van der Waals surface area contributed by atoms with Gasteiger partial charge in [0.25, 0.3) is 0 Å². The van der Waals surface area contributed by atoms with Crippen molar-refractivity contribution in [3.05, 3.63) is 134 Å². The number of ether oxygens (including phenoxy) is 3. The number of hydrogen-bond donors (Lipinski definition) is 0. The highest BCUT2D eigenvalue weighted by atomic mass is 16.6. The molecule has 0 aliphatic rings. The van der Waals surface area contributed by atoms with E-state index in [0.29, 0.717) is 12.8 Å². The molecule has 8 heteroatoms. The molecule has 0 heterocycles. The number of quaternary nitrogens is 1. The van der Waals surface area contributed by atoms with E-state index in [1.54, 1.807) is 21.1 Å². The van der Waals surface area contributed by atoms with Gasteiger partial charge in [-0.1, -0.05) is 173 Å². The molecular weight excluding hydrogens is 811 g/mol. The number of allylic oxidation sites excluding steroid dienone is 22. The number of aliphatic carboxylic acids is 1. The zero-order valence-corrected chi connectivity index (χ0v) is 41.3. The van der Waals surface area contributed by atoms with Gasteiger partial charge in [0.15, 0.2) is 6.10 Å². The summed E-state index contributed by atoms with van der Waals surface area (Å²) in [6, 6.07) is -0.751. The van der Waals surface area contributed by atoms with Crippen LogP contribution in [0.1, 0.15) is 155 Å². The Morgan fingerprint density at radius 1 is 0.462 bits per heavy atom. The highest BCUT2D eigenvalue weighted by Crippen LogP contribution is 2.12. The number of hydrogen-bond acceptors (Lipinski definition) is 7. The summed E-state index contributed by atoms with van der Waals surface area (Å²) in [7, 11) is 5.37. The lowest BCUT2D eigenvalue weighted by atomic mass is 10.1. The van der Waals surface area contributed by atoms with Crippen LogP contribution in [0.4, 0.5) is 0 Å². The fourth-order valence-corrected chi connectivity index (χ4v) is 6.30. The van der Waals surface area contributed by atoms with Crippen molar-refractivity contribution >= 4 is 17.9 Å². The van der Waals surface area contributed by atoms with Gasteiger partial charge in [0, 0.05) is 19.3 Å². The Morgan fingerprint density at radius 3 is 1.26 bits per heavy atom. The first-order valence-corrected chi connectivity index (χ1v) is 24.7. The Labute approximate surface area is 396 Å². The van der Waals surface area contributed by atoms with Crippen molar-refractivity contribution in [1.82, 2.24) is 0 Å². The molecule has 0 fully saturated rings. The molecule has 0 bridgehead atoms. The first-order valence-electron chi connectivity index (χ1n) is 24.7. The van der Waals surface area contributed by atoms with Crippen LogP contribution in [0.3, 0.4) is 0 Å². The lowest BCUT2D eigenvalue weighted by molar-refractivity contribution is -0.889. The average Bonchev–Trinajstić information content (AvgIpc) is 3.27. The molecule has 0 N–H and O–H groups in total. The summed E-state index contributed by atoms with van der Waals surface area (Å²) >= 11 is 0. The topological polar surface area (TPSA) is 102 Å². The number of carboxylic acid groups (broad SMARTS) is 1. The third-order valence-corrected chi connectivity index (χ3v) is 10.0. The van der Waals surface area contributed by atoms with Crippen LogP contribution >= 0.6 is 0 Å². The van der Waals surface area contributed by atoms with Gasteiger partial charge in [-0.3, -0.25) is 9.59 Å². The standard InChI is InChI=1S/C57H89NO7/c1-6-8-10-12-14-16-18-20-22-24-26-27-28-30-31-33-35-37-39-41-43-45-47-55(59)64-52-53(51-63-50-49-54(57(61)62)58(3,4)5)65-56(60)48-46-44-42-40-38-36-34-32-29-25-23-21-19-17-15-13-11-9-7-2/h8-11,14-17,20-23,26-27,29-32,36,38,42,44,53-54H,6-7,12-13,18-19,24-25,28,33-35,37,39-41,43,45-52H2,1-5H3/b10-8+,11-9+,16-14+,17-15+,22-20+,23-21+,27-26+,31-30+,32-29+,38-36+,44-42+. The number of rotatable bonds is 42. The first-order chi connectivity index (χ1) is 31.6. The molecule has 0 aromatic heterocycles. The van der Waals surface area contributed by atoms with Gasteiger partial charge in [0.1, 0.15) is 12.6 Å². The normalized spacial score (nSPS) is 14.0.